The smallest absolute Gasteiger partial charge is 0.238 e. The Bertz CT molecular complexity index is 611. The summed E-state index contributed by atoms with van der Waals surface area (Å²) in [7, 11) is 2.07. The topological polar surface area (TPSA) is 71.2 Å². The van der Waals surface area contributed by atoms with Gasteiger partial charge < -0.3 is 0 Å². The van der Waals surface area contributed by atoms with E-state index in [-0.39, 0.29) is 5.91 Å². The summed E-state index contributed by atoms with van der Waals surface area (Å²) in [5, 5.41) is 0. The van der Waals surface area contributed by atoms with Gasteiger partial charge in [0.2, 0.25) is 5.91 Å². The van der Waals surface area contributed by atoms with Crippen LogP contribution in [-0.2, 0) is 24.3 Å². The number of thiazole rings is 1. The van der Waals surface area contributed by atoms with Gasteiger partial charge in [0.25, 0.3) is 0 Å². The highest BCUT2D eigenvalue weighted by atomic mass is 32.1. The molecule has 0 saturated heterocycles. The standard InChI is InChI=1S/C15H20N4OS/c1-11-14(21-10-17-11)9-19(2)8-13-6-4-3-5-12(13)7-15(20)18-16/h3-6,10H,7-9,16H2,1-2H3,(H,18,20). The number of aryl methyl sites for hydroxylation is 1. The van der Waals surface area contributed by atoms with Crippen LogP contribution in [0.4, 0.5) is 0 Å². The molecule has 0 spiro atoms. The largest absolute Gasteiger partial charge is 0.297 e. The first-order valence-electron chi connectivity index (χ1n) is 6.74. The van der Waals surface area contributed by atoms with Gasteiger partial charge in [0, 0.05) is 18.0 Å². The van der Waals surface area contributed by atoms with Gasteiger partial charge in [-0.3, -0.25) is 15.1 Å². The predicted octanol–water partition coefficient (Wildman–Crippen LogP) is 1.62. The Morgan fingerprint density at radius 1 is 1.33 bits per heavy atom. The molecule has 2 rings (SSSR count). The summed E-state index contributed by atoms with van der Waals surface area (Å²) in [6, 6.07) is 7.95. The Balaban J connectivity index is 2.05. The number of hydrogen-bond acceptors (Lipinski definition) is 5. The third-order valence-corrected chi connectivity index (χ3v) is 4.25. The highest BCUT2D eigenvalue weighted by molar-refractivity contribution is 7.09. The van der Waals surface area contributed by atoms with Crippen LogP contribution in [0.3, 0.4) is 0 Å². The van der Waals surface area contributed by atoms with Crippen molar-refractivity contribution in [3.8, 4) is 0 Å². The summed E-state index contributed by atoms with van der Waals surface area (Å²) in [6.07, 6.45) is 0.306. The van der Waals surface area contributed by atoms with Crippen LogP contribution in [0.5, 0.6) is 0 Å². The summed E-state index contributed by atoms with van der Waals surface area (Å²) < 4.78 is 0. The molecule has 0 fully saturated rings. The fourth-order valence-electron chi connectivity index (χ4n) is 2.18. The molecule has 112 valence electrons. The molecule has 0 aliphatic heterocycles. The summed E-state index contributed by atoms with van der Waals surface area (Å²) in [4.78, 5) is 19.2. The zero-order valence-corrected chi connectivity index (χ0v) is 13.1. The third-order valence-electron chi connectivity index (χ3n) is 3.33. The molecule has 6 heteroatoms. The van der Waals surface area contributed by atoms with Crippen molar-refractivity contribution in [1.82, 2.24) is 15.3 Å². The second-order valence-corrected chi connectivity index (χ2v) is 5.99. The lowest BCUT2D eigenvalue weighted by atomic mass is 10.0. The number of hydrogen-bond donors (Lipinski definition) is 2. The molecule has 0 unspecified atom stereocenters. The molecule has 0 bridgehead atoms. The molecule has 1 aromatic heterocycles. The average molecular weight is 304 g/mol. The van der Waals surface area contributed by atoms with Gasteiger partial charge in [-0.05, 0) is 25.1 Å². The van der Waals surface area contributed by atoms with Gasteiger partial charge in [0.1, 0.15) is 0 Å². The molecule has 1 heterocycles. The van der Waals surface area contributed by atoms with E-state index in [1.165, 1.54) is 4.88 Å². The van der Waals surface area contributed by atoms with Crippen LogP contribution in [-0.4, -0.2) is 22.8 Å². The Morgan fingerprint density at radius 2 is 2.05 bits per heavy atom. The Labute approximate surface area is 128 Å². The zero-order valence-electron chi connectivity index (χ0n) is 12.3. The summed E-state index contributed by atoms with van der Waals surface area (Å²) in [5.74, 6) is 4.99. The summed E-state index contributed by atoms with van der Waals surface area (Å²) >= 11 is 1.67. The van der Waals surface area contributed by atoms with E-state index < -0.39 is 0 Å². The fraction of sp³-hybridized carbons (Fsp3) is 0.333. The minimum absolute atomic E-state index is 0.177. The van der Waals surface area contributed by atoms with E-state index in [9.17, 15) is 4.79 Å². The van der Waals surface area contributed by atoms with E-state index in [2.05, 4.69) is 28.4 Å². The van der Waals surface area contributed by atoms with E-state index in [4.69, 9.17) is 5.84 Å². The van der Waals surface area contributed by atoms with Crippen molar-refractivity contribution in [1.29, 1.82) is 0 Å². The van der Waals surface area contributed by atoms with Gasteiger partial charge in [-0.1, -0.05) is 24.3 Å². The molecule has 0 radical (unpaired) electrons. The first-order valence-corrected chi connectivity index (χ1v) is 7.62. The molecule has 0 aliphatic carbocycles. The minimum Gasteiger partial charge on any atom is -0.297 e. The van der Waals surface area contributed by atoms with Crippen LogP contribution in [0.1, 0.15) is 21.7 Å². The number of amides is 1. The van der Waals surface area contributed by atoms with Crippen LogP contribution in [0.15, 0.2) is 29.8 Å². The number of hydrazine groups is 1. The van der Waals surface area contributed by atoms with Crippen molar-refractivity contribution >= 4 is 17.2 Å². The monoisotopic (exact) mass is 304 g/mol. The maximum atomic E-state index is 11.5. The Morgan fingerprint density at radius 3 is 2.67 bits per heavy atom. The predicted molar refractivity (Wildman–Crippen MR) is 84.5 cm³/mol. The zero-order chi connectivity index (χ0) is 15.2. The molecule has 2 aromatic rings. The first kappa shape index (κ1) is 15.6. The lowest BCUT2D eigenvalue weighted by Gasteiger charge is -2.18. The van der Waals surface area contributed by atoms with Crippen LogP contribution in [0.25, 0.3) is 0 Å². The van der Waals surface area contributed by atoms with Gasteiger partial charge in [-0.15, -0.1) is 11.3 Å². The van der Waals surface area contributed by atoms with Crippen molar-refractivity contribution in [2.24, 2.45) is 5.84 Å². The van der Waals surface area contributed by atoms with Crippen molar-refractivity contribution in [2.75, 3.05) is 7.05 Å². The molecule has 5 nitrogen and oxygen atoms in total. The molecule has 21 heavy (non-hydrogen) atoms. The van der Waals surface area contributed by atoms with Gasteiger partial charge in [-0.25, -0.2) is 10.8 Å². The molecule has 0 saturated carbocycles. The third kappa shape index (κ3) is 4.35. The van der Waals surface area contributed by atoms with E-state index >= 15 is 0 Å². The molecule has 0 aliphatic rings. The number of carbonyl (C=O) groups excluding carboxylic acids is 1. The van der Waals surface area contributed by atoms with Crippen molar-refractivity contribution < 1.29 is 4.79 Å². The maximum absolute atomic E-state index is 11.5. The molecule has 0 atom stereocenters. The fourth-order valence-corrected chi connectivity index (χ4v) is 3.03. The number of benzene rings is 1. The quantitative estimate of drug-likeness (QED) is 0.483. The lowest BCUT2D eigenvalue weighted by Crippen LogP contribution is -2.31. The average Bonchev–Trinajstić information content (AvgIpc) is 2.86. The lowest BCUT2D eigenvalue weighted by molar-refractivity contribution is -0.120. The highest BCUT2D eigenvalue weighted by Crippen LogP contribution is 2.17. The normalized spacial score (nSPS) is 10.9. The van der Waals surface area contributed by atoms with Crippen molar-refractivity contribution in [2.45, 2.75) is 26.4 Å². The second-order valence-electron chi connectivity index (χ2n) is 5.05. The van der Waals surface area contributed by atoms with Gasteiger partial charge in [-0.2, -0.15) is 0 Å². The van der Waals surface area contributed by atoms with Gasteiger partial charge >= 0.3 is 0 Å². The van der Waals surface area contributed by atoms with Gasteiger partial charge in [0.15, 0.2) is 0 Å². The number of nitrogens with two attached hydrogens (primary N) is 1. The summed E-state index contributed by atoms with van der Waals surface area (Å²) in [6.45, 7) is 3.67. The molecule has 3 N–H and O–H groups in total. The van der Waals surface area contributed by atoms with E-state index in [1.807, 2.05) is 30.6 Å². The number of nitrogens with one attached hydrogen (secondary N) is 1. The molecular formula is C15H20N4OS. The van der Waals surface area contributed by atoms with E-state index in [0.29, 0.717) is 6.42 Å². The molecule has 1 amide bonds. The van der Waals surface area contributed by atoms with Crippen LogP contribution >= 0.6 is 11.3 Å². The van der Waals surface area contributed by atoms with Crippen LogP contribution in [0.2, 0.25) is 0 Å². The number of carbonyl (C=O) groups is 1. The van der Waals surface area contributed by atoms with Crippen molar-refractivity contribution in [3.05, 3.63) is 51.5 Å². The van der Waals surface area contributed by atoms with E-state index in [1.54, 1.807) is 11.3 Å². The Hall–Kier alpha value is -1.76. The van der Waals surface area contributed by atoms with E-state index in [0.717, 1.165) is 29.9 Å². The summed E-state index contributed by atoms with van der Waals surface area (Å²) in [5.41, 5.74) is 7.29. The highest BCUT2D eigenvalue weighted by Gasteiger charge is 2.10. The Kier molecular flexibility index (Phi) is 5.44. The minimum atomic E-state index is -0.177. The second kappa shape index (κ2) is 7.31. The molecule has 1 aromatic carbocycles. The van der Waals surface area contributed by atoms with Crippen LogP contribution in [0, 0.1) is 6.92 Å². The number of rotatable bonds is 6. The maximum Gasteiger partial charge on any atom is 0.238 e. The number of aromatic nitrogens is 1. The van der Waals surface area contributed by atoms with Crippen LogP contribution < -0.4 is 11.3 Å². The van der Waals surface area contributed by atoms with Gasteiger partial charge in [0.05, 0.1) is 17.6 Å². The number of nitrogens with zero attached hydrogens (tertiary/aromatic N) is 2. The molecular weight excluding hydrogens is 284 g/mol. The van der Waals surface area contributed by atoms with Crippen molar-refractivity contribution in [3.63, 3.8) is 0 Å². The first-order chi connectivity index (χ1) is 10.1. The SMILES string of the molecule is Cc1ncsc1CN(C)Cc1ccccc1CC(=O)NN.